The van der Waals surface area contributed by atoms with E-state index in [-0.39, 0.29) is 22.7 Å². The summed E-state index contributed by atoms with van der Waals surface area (Å²) in [5.74, 6) is 0.307. The lowest BCUT2D eigenvalue weighted by Gasteiger charge is -2.19. The van der Waals surface area contributed by atoms with Crippen molar-refractivity contribution >= 4 is 41.9 Å². The number of methoxy groups -OCH3 is 1. The first-order valence-corrected chi connectivity index (χ1v) is 13.3. The molecule has 1 aromatic heterocycles. The van der Waals surface area contributed by atoms with Gasteiger partial charge in [0.15, 0.2) is 11.4 Å². The van der Waals surface area contributed by atoms with E-state index in [1.165, 1.54) is 31.0 Å². The third-order valence-electron chi connectivity index (χ3n) is 5.01. The van der Waals surface area contributed by atoms with Crippen molar-refractivity contribution in [1.29, 1.82) is 0 Å². The molecule has 1 aromatic carbocycles. The highest BCUT2D eigenvalue weighted by atomic mass is 32.2. The number of anilines is 1. The Morgan fingerprint density at radius 2 is 1.97 bits per heavy atom. The number of aliphatic imine (C=N–C) groups is 1. The van der Waals surface area contributed by atoms with Crippen LogP contribution >= 0.6 is 11.8 Å². The van der Waals surface area contributed by atoms with Crippen LogP contribution in [0.5, 0.6) is 5.75 Å². The van der Waals surface area contributed by atoms with E-state index in [9.17, 15) is 19.7 Å². The minimum atomic E-state index is -0.648. The van der Waals surface area contributed by atoms with Crippen molar-refractivity contribution in [3.8, 4) is 5.75 Å². The highest BCUT2D eigenvalue weighted by molar-refractivity contribution is 8.01. The number of benzene rings is 1. The summed E-state index contributed by atoms with van der Waals surface area (Å²) in [5, 5.41) is 16.2. The molecule has 11 nitrogen and oxygen atoms in total. The predicted octanol–water partition coefficient (Wildman–Crippen LogP) is 5.55. The molecule has 0 radical (unpaired) electrons. The lowest BCUT2D eigenvalue weighted by molar-refractivity contribution is -0.385. The Balaban J connectivity index is 1.74. The number of nitro benzene ring substituents is 1. The molecular weight excluding hydrogens is 524 g/mol. The lowest BCUT2D eigenvalue weighted by atomic mass is 10.2. The summed E-state index contributed by atoms with van der Waals surface area (Å²) in [7, 11) is 1.21. The van der Waals surface area contributed by atoms with Gasteiger partial charge in [-0.2, -0.15) is 0 Å². The Kier molecular flexibility index (Phi) is 12.4. The van der Waals surface area contributed by atoms with Gasteiger partial charge in [-0.15, -0.1) is 11.8 Å². The van der Waals surface area contributed by atoms with E-state index in [0.717, 1.165) is 30.3 Å². The molecule has 0 atom stereocenters. The van der Waals surface area contributed by atoms with Gasteiger partial charge in [0.05, 0.1) is 24.2 Å². The number of nitrogens with zero attached hydrogens (tertiary/aromatic N) is 3. The van der Waals surface area contributed by atoms with E-state index in [0.29, 0.717) is 25.3 Å². The van der Waals surface area contributed by atoms with Gasteiger partial charge in [-0.05, 0) is 76.6 Å². The molecule has 0 amide bonds. The second-order valence-corrected chi connectivity index (χ2v) is 10.1. The first-order chi connectivity index (χ1) is 18.5. The molecule has 0 spiro atoms. The van der Waals surface area contributed by atoms with Crippen LogP contribution in [0, 0.1) is 10.1 Å². The van der Waals surface area contributed by atoms with E-state index in [2.05, 4.69) is 26.7 Å². The highest BCUT2D eigenvalue weighted by Crippen LogP contribution is 2.28. The Labute approximate surface area is 232 Å². The van der Waals surface area contributed by atoms with Crippen LogP contribution in [0.3, 0.4) is 0 Å². The number of nitrogens with one attached hydrogen (secondary N) is 1. The molecule has 0 aliphatic heterocycles. The normalized spacial score (nSPS) is 11.4. The van der Waals surface area contributed by atoms with Gasteiger partial charge in [-0.3, -0.25) is 15.1 Å². The summed E-state index contributed by atoms with van der Waals surface area (Å²) in [6.45, 7) is 9.83. The summed E-state index contributed by atoms with van der Waals surface area (Å²) in [4.78, 5) is 42.6. The standard InChI is InChI=1S/C27H34N4O7S/c1-27(2,3)38-26(33)21(28-4)18-39-17-19-11-13-30-24(15-19)29-12-7-6-8-14-37-23-10-9-20(25(32)36-5)16-22(23)31(34)35/h9-11,13,15-16,18H,4,6-8,12,14,17H2,1-3,5H3,(H,29,30)/b21-18-. The van der Waals surface area contributed by atoms with Crippen molar-refractivity contribution in [2.75, 3.05) is 25.6 Å². The molecule has 12 heteroatoms. The number of hydrogen-bond donors (Lipinski definition) is 1. The van der Waals surface area contributed by atoms with Crippen molar-refractivity contribution in [3.05, 3.63) is 68.9 Å². The maximum Gasteiger partial charge on any atom is 0.357 e. The number of esters is 2. The zero-order valence-electron chi connectivity index (χ0n) is 22.6. The van der Waals surface area contributed by atoms with Crippen LogP contribution in [0.15, 0.2) is 52.6 Å². The number of thioether (sulfide) groups is 1. The second-order valence-electron chi connectivity index (χ2n) is 9.29. The molecule has 0 fully saturated rings. The van der Waals surface area contributed by atoms with Crippen LogP contribution in [0.4, 0.5) is 11.5 Å². The van der Waals surface area contributed by atoms with Crippen molar-refractivity contribution in [1.82, 2.24) is 4.98 Å². The molecule has 0 aliphatic carbocycles. The smallest absolute Gasteiger partial charge is 0.357 e. The van der Waals surface area contributed by atoms with Crippen LogP contribution < -0.4 is 10.1 Å². The lowest BCUT2D eigenvalue weighted by Crippen LogP contribution is -2.24. The molecule has 0 unspecified atom stereocenters. The van der Waals surface area contributed by atoms with E-state index in [1.807, 2.05) is 12.1 Å². The minimum Gasteiger partial charge on any atom is -0.487 e. The number of hydrogen-bond acceptors (Lipinski definition) is 11. The number of ether oxygens (including phenoxy) is 3. The van der Waals surface area contributed by atoms with Gasteiger partial charge in [-0.1, -0.05) is 0 Å². The zero-order chi connectivity index (χ0) is 28.8. The third kappa shape index (κ3) is 11.1. The molecule has 2 rings (SSSR count). The number of carbonyl (C=O) groups is 2. The first-order valence-electron chi connectivity index (χ1n) is 12.2. The topological polar surface area (TPSA) is 142 Å². The fraction of sp³-hybridized carbons (Fsp3) is 0.407. The van der Waals surface area contributed by atoms with Gasteiger partial charge in [-0.25, -0.2) is 14.6 Å². The van der Waals surface area contributed by atoms with Gasteiger partial charge in [0.25, 0.3) is 0 Å². The van der Waals surface area contributed by atoms with E-state index in [1.54, 1.807) is 32.4 Å². The Morgan fingerprint density at radius 3 is 2.64 bits per heavy atom. The van der Waals surface area contributed by atoms with Crippen LogP contribution in [0.1, 0.15) is 56.0 Å². The van der Waals surface area contributed by atoms with E-state index in [4.69, 9.17) is 9.47 Å². The average molecular weight is 559 g/mol. The van der Waals surface area contributed by atoms with Crippen LogP contribution in [0.25, 0.3) is 0 Å². The molecule has 1 heterocycles. The van der Waals surface area contributed by atoms with Gasteiger partial charge in [0.2, 0.25) is 0 Å². The SMILES string of the molecule is C=N/C(=C\SCc1ccnc(NCCCCCOc2ccc(C(=O)OC)cc2[N+](=O)[O-])c1)C(=O)OC(C)(C)C. The van der Waals surface area contributed by atoms with E-state index >= 15 is 0 Å². The summed E-state index contributed by atoms with van der Waals surface area (Å²) in [6.07, 6.45) is 4.10. The van der Waals surface area contributed by atoms with Crippen LogP contribution in [0.2, 0.25) is 0 Å². The summed E-state index contributed by atoms with van der Waals surface area (Å²) in [6, 6.07) is 7.83. The monoisotopic (exact) mass is 558 g/mol. The molecule has 0 saturated heterocycles. The third-order valence-corrected chi connectivity index (χ3v) is 5.90. The molecule has 2 aromatic rings. The quantitative estimate of drug-likeness (QED) is 0.0737. The number of aromatic nitrogens is 1. The Bertz CT molecular complexity index is 1190. The van der Waals surface area contributed by atoms with E-state index < -0.39 is 22.5 Å². The van der Waals surface area contributed by atoms with Gasteiger partial charge in [0, 0.05) is 30.0 Å². The predicted molar refractivity (Wildman–Crippen MR) is 151 cm³/mol. The fourth-order valence-electron chi connectivity index (χ4n) is 3.19. The molecule has 1 N–H and O–H groups in total. The first kappa shape index (κ1) is 31.3. The van der Waals surface area contributed by atoms with Gasteiger partial charge < -0.3 is 19.5 Å². The molecule has 0 aliphatic rings. The van der Waals surface area contributed by atoms with Crippen molar-refractivity contribution in [2.24, 2.45) is 4.99 Å². The summed E-state index contributed by atoms with van der Waals surface area (Å²) < 4.78 is 15.5. The summed E-state index contributed by atoms with van der Waals surface area (Å²) >= 11 is 1.41. The molecule has 0 bridgehead atoms. The highest BCUT2D eigenvalue weighted by Gasteiger charge is 2.20. The minimum absolute atomic E-state index is 0.0923. The molecular formula is C27H34N4O7S. The Hall–Kier alpha value is -3.93. The maximum absolute atomic E-state index is 12.2. The molecule has 39 heavy (non-hydrogen) atoms. The Morgan fingerprint density at radius 1 is 1.21 bits per heavy atom. The zero-order valence-corrected chi connectivity index (χ0v) is 23.4. The molecule has 0 saturated carbocycles. The van der Waals surface area contributed by atoms with Gasteiger partial charge >= 0.3 is 17.6 Å². The average Bonchev–Trinajstić information content (AvgIpc) is 2.89. The van der Waals surface area contributed by atoms with Crippen LogP contribution in [-0.4, -0.2) is 54.4 Å². The number of carbonyl (C=O) groups excluding carboxylic acids is 2. The molecule has 210 valence electrons. The number of unbranched alkanes of at least 4 members (excludes halogenated alkanes) is 2. The van der Waals surface area contributed by atoms with Crippen molar-refractivity contribution in [2.45, 2.75) is 51.4 Å². The van der Waals surface area contributed by atoms with Gasteiger partial charge in [0.1, 0.15) is 11.4 Å². The number of pyridine rings is 1. The maximum atomic E-state index is 12.2. The number of rotatable bonds is 15. The van der Waals surface area contributed by atoms with Crippen LogP contribution in [-0.2, 0) is 20.0 Å². The van der Waals surface area contributed by atoms with Crippen molar-refractivity contribution in [3.63, 3.8) is 0 Å². The fourth-order valence-corrected chi connectivity index (χ4v) is 3.97. The second kappa shape index (κ2) is 15.5. The van der Waals surface area contributed by atoms with Crippen molar-refractivity contribution < 1.29 is 28.7 Å². The summed E-state index contributed by atoms with van der Waals surface area (Å²) in [5.41, 5.74) is 0.397. The number of nitro groups is 1. The largest absolute Gasteiger partial charge is 0.487 e.